The van der Waals surface area contributed by atoms with Crippen LogP contribution in [0.25, 0.3) is 0 Å². The average Bonchev–Trinajstić information content (AvgIpc) is 3.13. The first-order chi connectivity index (χ1) is 8.65. The topological polar surface area (TPSA) is 78.4 Å². The van der Waals surface area contributed by atoms with Crippen LogP contribution in [0.3, 0.4) is 0 Å². The molecule has 5 nitrogen and oxygen atoms in total. The Morgan fingerprint density at radius 3 is 2.44 bits per heavy atom. The monoisotopic (exact) mass is 248 g/mol. The number of rotatable bonds is 5. The molecule has 1 aromatic carbocycles. The lowest BCUT2D eigenvalue weighted by Gasteiger charge is -2.07. The first-order valence-electron chi connectivity index (χ1n) is 6.03. The van der Waals surface area contributed by atoms with Crippen molar-refractivity contribution in [3.05, 3.63) is 29.8 Å². The van der Waals surface area contributed by atoms with E-state index in [4.69, 9.17) is 5.11 Å². The van der Waals surface area contributed by atoms with E-state index in [-0.39, 0.29) is 11.6 Å². The molecule has 0 unspecified atom stereocenters. The number of carbonyl (C=O) groups is 2. The maximum atomic E-state index is 11.5. The summed E-state index contributed by atoms with van der Waals surface area (Å²) in [5, 5.41) is 14.2. The molecular weight excluding hydrogens is 232 g/mol. The molecule has 0 radical (unpaired) electrons. The van der Waals surface area contributed by atoms with Crippen LogP contribution < -0.4 is 10.6 Å². The second-order valence-electron chi connectivity index (χ2n) is 4.50. The molecule has 0 saturated heterocycles. The van der Waals surface area contributed by atoms with E-state index in [0.717, 1.165) is 12.3 Å². The molecule has 0 aliphatic heterocycles. The highest BCUT2D eigenvalue weighted by Crippen LogP contribution is 2.31. The number of amides is 2. The summed E-state index contributed by atoms with van der Waals surface area (Å²) >= 11 is 0. The van der Waals surface area contributed by atoms with Gasteiger partial charge in [-0.3, -0.25) is 0 Å². The Kier molecular flexibility index (Phi) is 3.82. The van der Waals surface area contributed by atoms with Crippen molar-refractivity contribution in [2.75, 3.05) is 11.9 Å². The first-order valence-corrected chi connectivity index (χ1v) is 6.03. The van der Waals surface area contributed by atoms with Gasteiger partial charge in [0.25, 0.3) is 0 Å². The van der Waals surface area contributed by atoms with Crippen LogP contribution in [0.15, 0.2) is 24.3 Å². The van der Waals surface area contributed by atoms with Gasteiger partial charge in [0.15, 0.2) is 0 Å². The van der Waals surface area contributed by atoms with Gasteiger partial charge in [0.05, 0.1) is 5.56 Å². The summed E-state index contributed by atoms with van der Waals surface area (Å²) in [5.74, 6) is -0.185. The molecule has 1 fully saturated rings. The van der Waals surface area contributed by atoms with Crippen molar-refractivity contribution < 1.29 is 14.7 Å². The number of carboxylic acid groups (broad SMARTS) is 1. The zero-order valence-electron chi connectivity index (χ0n) is 9.98. The smallest absolute Gasteiger partial charge is 0.335 e. The van der Waals surface area contributed by atoms with Crippen molar-refractivity contribution >= 4 is 17.7 Å². The minimum Gasteiger partial charge on any atom is -0.478 e. The zero-order chi connectivity index (χ0) is 13.0. The maximum Gasteiger partial charge on any atom is 0.335 e. The quantitative estimate of drug-likeness (QED) is 0.748. The van der Waals surface area contributed by atoms with E-state index in [2.05, 4.69) is 10.6 Å². The Bertz CT molecular complexity index is 438. The minimum atomic E-state index is -0.976. The molecular formula is C13H16N2O3. The van der Waals surface area contributed by atoms with Gasteiger partial charge >= 0.3 is 12.0 Å². The molecule has 3 N–H and O–H groups in total. The van der Waals surface area contributed by atoms with E-state index in [1.54, 1.807) is 12.1 Å². The van der Waals surface area contributed by atoms with Gasteiger partial charge in [-0.25, -0.2) is 9.59 Å². The molecule has 0 atom stereocenters. The van der Waals surface area contributed by atoms with Gasteiger partial charge in [0.2, 0.25) is 0 Å². The van der Waals surface area contributed by atoms with E-state index >= 15 is 0 Å². The highest BCUT2D eigenvalue weighted by atomic mass is 16.4. The number of nitrogens with one attached hydrogen (secondary N) is 2. The third-order valence-electron chi connectivity index (χ3n) is 2.92. The van der Waals surface area contributed by atoms with Crippen LogP contribution >= 0.6 is 0 Å². The molecule has 1 aliphatic rings. The summed E-state index contributed by atoms with van der Waals surface area (Å²) in [6, 6.07) is 5.82. The number of hydrogen-bond acceptors (Lipinski definition) is 2. The van der Waals surface area contributed by atoms with Gasteiger partial charge in [-0.05, 0) is 36.6 Å². The summed E-state index contributed by atoms with van der Waals surface area (Å²) in [6.45, 7) is 0.684. The lowest BCUT2D eigenvalue weighted by atomic mass is 10.2. The van der Waals surface area contributed by atoms with Gasteiger partial charge in [-0.2, -0.15) is 0 Å². The van der Waals surface area contributed by atoms with Crippen LogP contribution in [0.1, 0.15) is 29.6 Å². The number of carboxylic acids is 1. The van der Waals surface area contributed by atoms with E-state index in [1.165, 1.54) is 25.0 Å². The molecule has 1 aromatic rings. The predicted octanol–water partition coefficient (Wildman–Crippen LogP) is 2.31. The fourth-order valence-electron chi connectivity index (χ4n) is 1.67. The molecule has 5 heteroatoms. The molecule has 18 heavy (non-hydrogen) atoms. The third-order valence-corrected chi connectivity index (χ3v) is 2.92. The normalized spacial score (nSPS) is 14.0. The average molecular weight is 248 g/mol. The number of benzene rings is 1. The summed E-state index contributed by atoms with van der Waals surface area (Å²) in [6.07, 6.45) is 3.59. The van der Waals surface area contributed by atoms with Crippen molar-refractivity contribution in [2.45, 2.75) is 19.3 Å². The molecule has 0 aromatic heterocycles. The second-order valence-corrected chi connectivity index (χ2v) is 4.50. The fourth-order valence-corrected chi connectivity index (χ4v) is 1.67. The van der Waals surface area contributed by atoms with Crippen molar-refractivity contribution in [3.63, 3.8) is 0 Å². The van der Waals surface area contributed by atoms with Crippen LogP contribution in [-0.4, -0.2) is 23.7 Å². The van der Waals surface area contributed by atoms with Gasteiger partial charge in [0.1, 0.15) is 0 Å². The molecule has 96 valence electrons. The first kappa shape index (κ1) is 12.4. The van der Waals surface area contributed by atoms with E-state index in [1.807, 2.05) is 0 Å². The Balaban J connectivity index is 1.76. The summed E-state index contributed by atoms with van der Waals surface area (Å²) < 4.78 is 0. The van der Waals surface area contributed by atoms with Crippen molar-refractivity contribution in [3.8, 4) is 0 Å². The van der Waals surface area contributed by atoms with E-state index < -0.39 is 5.97 Å². The SMILES string of the molecule is O=C(NCCC1CC1)Nc1ccc(C(=O)O)cc1. The Labute approximate surface area is 105 Å². The second kappa shape index (κ2) is 5.53. The van der Waals surface area contributed by atoms with Crippen LogP contribution in [0.2, 0.25) is 0 Å². The lowest BCUT2D eigenvalue weighted by molar-refractivity contribution is 0.0697. The zero-order valence-corrected chi connectivity index (χ0v) is 9.98. The fraction of sp³-hybridized carbons (Fsp3) is 0.385. The van der Waals surface area contributed by atoms with Crippen LogP contribution in [-0.2, 0) is 0 Å². The summed E-state index contributed by atoms with van der Waals surface area (Å²) in [4.78, 5) is 22.1. The summed E-state index contributed by atoms with van der Waals surface area (Å²) in [7, 11) is 0. The molecule has 2 amide bonds. The number of anilines is 1. The molecule has 2 rings (SSSR count). The molecule has 0 heterocycles. The predicted molar refractivity (Wildman–Crippen MR) is 67.8 cm³/mol. The van der Waals surface area contributed by atoms with Gasteiger partial charge in [-0.1, -0.05) is 12.8 Å². The summed E-state index contributed by atoms with van der Waals surface area (Å²) in [5.41, 5.74) is 0.790. The number of carbonyl (C=O) groups excluding carboxylic acids is 1. The van der Waals surface area contributed by atoms with Crippen molar-refractivity contribution in [1.82, 2.24) is 5.32 Å². The third kappa shape index (κ3) is 3.76. The Morgan fingerprint density at radius 1 is 1.22 bits per heavy atom. The van der Waals surface area contributed by atoms with Gasteiger partial charge in [-0.15, -0.1) is 0 Å². The van der Waals surface area contributed by atoms with Gasteiger partial charge in [0, 0.05) is 12.2 Å². The van der Waals surface area contributed by atoms with Crippen LogP contribution in [0.4, 0.5) is 10.5 Å². The highest BCUT2D eigenvalue weighted by Gasteiger charge is 2.20. The molecule has 1 aliphatic carbocycles. The van der Waals surface area contributed by atoms with Crippen LogP contribution in [0, 0.1) is 5.92 Å². The molecule has 0 spiro atoms. The minimum absolute atomic E-state index is 0.203. The van der Waals surface area contributed by atoms with Crippen LogP contribution in [0.5, 0.6) is 0 Å². The largest absolute Gasteiger partial charge is 0.478 e. The molecule has 0 bridgehead atoms. The van der Waals surface area contributed by atoms with E-state index in [9.17, 15) is 9.59 Å². The molecule has 1 saturated carbocycles. The van der Waals surface area contributed by atoms with E-state index in [0.29, 0.717) is 12.2 Å². The van der Waals surface area contributed by atoms with Crippen molar-refractivity contribution in [1.29, 1.82) is 0 Å². The Morgan fingerprint density at radius 2 is 1.89 bits per heavy atom. The standard InChI is InChI=1S/C13H16N2O3/c16-12(17)10-3-5-11(6-4-10)15-13(18)14-8-7-9-1-2-9/h3-6,9H,1-2,7-8H2,(H,16,17)(H2,14,15,18). The van der Waals surface area contributed by atoms with Crippen molar-refractivity contribution in [2.24, 2.45) is 5.92 Å². The maximum absolute atomic E-state index is 11.5. The van der Waals surface area contributed by atoms with Gasteiger partial charge < -0.3 is 15.7 Å². The number of urea groups is 1. The Hall–Kier alpha value is -2.04. The lowest BCUT2D eigenvalue weighted by Crippen LogP contribution is -2.29. The highest BCUT2D eigenvalue weighted by molar-refractivity contribution is 5.91. The number of hydrogen-bond donors (Lipinski definition) is 3. The number of aromatic carboxylic acids is 1.